The average molecular weight is 191 g/mol. The molecule has 0 saturated carbocycles. The fourth-order valence-electron chi connectivity index (χ4n) is 1.50. The van der Waals surface area contributed by atoms with E-state index in [4.69, 9.17) is 4.52 Å². The number of nitrogens with zero attached hydrogens (tertiary/aromatic N) is 1. The molecule has 0 bridgehead atoms. The molecule has 0 amide bonds. The highest BCUT2D eigenvalue weighted by molar-refractivity contribution is 6.26. The van der Waals surface area contributed by atoms with Gasteiger partial charge in [0.25, 0.3) is 0 Å². The van der Waals surface area contributed by atoms with Crippen LogP contribution >= 0.6 is 0 Å². The molecule has 4 heteroatoms. The molecule has 0 radical (unpaired) electrons. The highest BCUT2D eigenvalue weighted by Crippen LogP contribution is 2.27. The molecule has 1 aromatic rings. The third-order valence-electron chi connectivity index (χ3n) is 2.55. The summed E-state index contributed by atoms with van der Waals surface area (Å²) >= 11 is 0. The summed E-state index contributed by atoms with van der Waals surface area (Å²) in [6.07, 6.45) is 0. The molecular weight excluding hydrogens is 182 g/mol. The van der Waals surface area contributed by atoms with Crippen molar-refractivity contribution < 1.29 is 14.1 Å². The van der Waals surface area contributed by atoms with Crippen LogP contribution in [0.1, 0.15) is 40.5 Å². The Balaban J connectivity index is 2.75. The summed E-state index contributed by atoms with van der Waals surface area (Å²) in [4.78, 5) is 23.4. The number of allylic oxidation sites excluding steroid dienone is 2. The molecule has 0 unspecified atom stereocenters. The van der Waals surface area contributed by atoms with Gasteiger partial charge in [-0.3, -0.25) is 9.59 Å². The summed E-state index contributed by atoms with van der Waals surface area (Å²) < 4.78 is 4.84. The zero-order valence-corrected chi connectivity index (χ0v) is 8.17. The lowest BCUT2D eigenvalue weighted by molar-refractivity contribution is 0.0971. The number of hydrogen-bond donors (Lipinski definition) is 0. The standard InChI is InChI=1S/C10H9NO3/c1-4-5(2)10(13)8-7(9(4)12)6(3)14-11-8/h1-3H3. The summed E-state index contributed by atoms with van der Waals surface area (Å²) in [6, 6.07) is 0. The second kappa shape index (κ2) is 2.64. The molecule has 14 heavy (non-hydrogen) atoms. The molecular formula is C10H9NO3. The van der Waals surface area contributed by atoms with Crippen LogP contribution in [0.25, 0.3) is 0 Å². The van der Waals surface area contributed by atoms with E-state index in [1.54, 1.807) is 20.8 Å². The van der Waals surface area contributed by atoms with Gasteiger partial charge in [-0.1, -0.05) is 5.16 Å². The van der Waals surface area contributed by atoms with Crippen LogP contribution in [-0.2, 0) is 0 Å². The van der Waals surface area contributed by atoms with Crippen LogP contribution in [0.2, 0.25) is 0 Å². The lowest BCUT2D eigenvalue weighted by Gasteiger charge is -2.10. The van der Waals surface area contributed by atoms with E-state index in [0.717, 1.165) is 0 Å². The Morgan fingerprint density at radius 2 is 1.57 bits per heavy atom. The molecule has 0 fully saturated rings. The lowest BCUT2D eigenvalue weighted by atomic mass is 9.89. The van der Waals surface area contributed by atoms with Gasteiger partial charge in [0.05, 0.1) is 5.56 Å². The minimum absolute atomic E-state index is 0.149. The summed E-state index contributed by atoms with van der Waals surface area (Å²) in [5, 5.41) is 3.59. The molecule has 0 aromatic carbocycles. The maximum atomic E-state index is 11.7. The molecule has 1 aromatic heterocycles. The molecule has 0 saturated heterocycles. The van der Waals surface area contributed by atoms with Crippen molar-refractivity contribution in [2.24, 2.45) is 0 Å². The molecule has 1 aliphatic rings. The topological polar surface area (TPSA) is 60.2 Å². The van der Waals surface area contributed by atoms with E-state index in [2.05, 4.69) is 5.16 Å². The van der Waals surface area contributed by atoms with E-state index >= 15 is 0 Å². The zero-order chi connectivity index (χ0) is 10.5. The minimum Gasteiger partial charge on any atom is -0.360 e. The SMILES string of the molecule is CC1=C(C)C(=O)c2c(noc2C)C1=O. The quantitative estimate of drug-likeness (QED) is 0.626. The van der Waals surface area contributed by atoms with Gasteiger partial charge in [0.1, 0.15) is 5.76 Å². The van der Waals surface area contributed by atoms with Gasteiger partial charge < -0.3 is 4.52 Å². The van der Waals surface area contributed by atoms with E-state index in [1.165, 1.54) is 0 Å². The second-order valence-electron chi connectivity index (χ2n) is 3.37. The predicted octanol–water partition coefficient (Wildman–Crippen LogP) is 1.70. The summed E-state index contributed by atoms with van der Waals surface area (Å²) in [6.45, 7) is 4.90. The van der Waals surface area contributed by atoms with Gasteiger partial charge in [0.2, 0.25) is 5.78 Å². The van der Waals surface area contributed by atoms with Crippen LogP contribution < -0.4 is 0 Å². The van der Waals surface area contributed by atoms with Crippen LogP contribution in [0.4, 0.5) is 0 Å². The number of aryl methyl sites for hydroxylation is 1. The first-order valence-electron chi connectivity index (χ1n) is 4.27. The summed E-state index contributed by atoms with van der Waals surface area (Å²) in [5.41, 5.74) is 1.40. The predicted molar refractivity (Wildman–Crippen MR) is 48.3 cm³/mol. The Morgan fingerprint density at radius 1 is 1.00 bits per heavy atom. The fraction of sp³-hybridized carbons (Fsp3) is 0.300. The highest BCUT2D eigenvalue weighted by atomic mass is 16.5. The largest absolute Gasteiger partial charge is 0.360 e. The molecule has 4 nitrogen and oxygen atoms in total. The zero-order valence-electron chi connectivity index (χ0n) is 8.17. The number of hydrogen-bond acceptors (Lipinski definition) is 4. The van der Waals surface area contributed by atoms with E-state index in [1.807, 2.05) is 0 Å². The molecule has 0 atom stereocenters. The number of rotatable bonds is 0. The first-order valence-corrected chi connectivity index (χ1v) is 4.27. The van der Waals surface area contributed by atoms with Crippen molar-refractivity contribution in [2.45, 2.75) is 20.8 Å². The second-order valence-corrected chi connectivity index (χ2v) is 3.37. The Bertz CT molecular complexity index is 480. The molecule has 0 N–H and O–H groups in total. The number of ketones is 2. The van der Waals surface area contributed by atoms with Crippen LogP contribution in [0.5, 0.6) is 0 Å². The van der Waals surface area contributed by atoms with Gasteiger partial charge >= 0.3 is 0 Å². The van der Waals surface area contributed by atoms with Crippen molar-refractivity contribution >= 4 is 11.6 Å². The van der Waals surface area contributed by atoms with E-state index in [-0.39, 0.29) is 17.3 Å². The van der Waals surface area contributed by atoms with Gasteiger partial charge in [-0.25, -0.2) is 0 Å². The van der Waals surface area contributed by atoms with Crippen LogP contribution in [0.15, 0.2) is 15.7 Å². The Kier molecular flexibility index (Phi) is 1.67. The molecule has 0 spiro atoms. The molecule has 1 heterocycles. The maximum absolute atomic E-state index is 11.7. The fourth-order valence-corrected chi connectivity index (χ4v) is 1.50. The van der Waals surface area contributed by atoms with Gasteiger partial charge in [0.15, 0.2) is 11.5 Å². The van der Waals surface area contributed by atoms with Crippen molar-refractivity contribution in [1.29, 1.82) is 0 Å². The Morgan fingerprint density at radius 3 is 2.21 bits per heavy atom. The number of fused-ring (bicyclic) bond motifs is 1. The van der Waals surface area contributed by atoms with Crippen molar-refractivity contribution in [3.63, 3.8) is 0 Å². The first kappa shape index (κ1) is 8.87. The molecule has 1 aliphatic carbocycles. The summed E-state index contributed by atoms with van der Waals surface area (Å²) in [7, 11) is 0. The third kappa shape index (κ3) is 0.907. The molecule has 2 rings (SSSR count). The maximum Gasteiger partial charge on any atom is 0.211 e. The smallest absolute Gasteiger partial charge is 0.211 e. The van der Waals surface area contributed by atoms with Gasteiger partial charge in [0, 0.05) is 11.1 Å². The normalized spacial score (nSPS) is 16.2. The lowest BCUT2D eigenvalue weighted by Crippen LogP contribution is -2.19. The van der Waals surface area contributed by atoms with Crippen molar-refractivity contribution in [2.75, 3.05) is 0 Å². The van der Waals surface area contributed by atoms with E-state index < -0.39 is 0 Å². The third-order valence-corrected chi connectivity index (χ3v) is 2.55. The Labute approximate surface area is 80.6 Å². The van der Waals surface area contributed by atoms with Crippen LogP contribution in [0.3, 0.4) is 0 Å². The van der Waals surface area contributed by atoms with Gasteiger partial charge in [-0.05, 0) is 20.8 Å². The van der Waals surface area contributed by atoms with Gasteiger partial charge in [-0.2, -0.15) is 0 Å². The Hall–Kier alpha value is -1.71. The highest BCUT2D eigenvalue weighted by Gasteiger charge is 2.32. The monoisotopic (exact) mass is 191 g/mol. The van der Waals surface area contributed by atoms with Crippen LogP contribution in [0, 0.1) is 6.92 Å². The van der Waals surface area contributed by atoms with Crippen molar-refractivity contribution in [1.82, 2.24) is 5.16 Å². The van der Waals surface area contributed by atoms with Gasteiger partial charge in [-0.15, -0.1) is 0 Å². The number of carbonyl (C=O) groups excluding carboxylic acids is 2. The average Bonchev–Trinajstić information content (AvgIpc) is 2.54. The van der Waals surface area contributed by atoms with Crippen molar-refractivity contribution in [3.8, 4) is 0 Å². The van der Waals surface area contributed by atoms with E-state index in [0.29, 0.717) is 22.5 Å². The number of aromatic nitrogens is 1. The minimum atomic E-state index is -0.214. The first-order chi connectivity index (χ1) is 6.54. The van der Waals surface area contributed by atoms with E-state index in [9.17, 15) is 9.59 Å². The molecule has 0 aliphatic heterocycles. The van der Waals surface area contributed by atoms with Crippen LogP contribution in [-0.4, -0.2) is 16.7 Å². The number of carbonyl (C=O) groups is 2. The van der Waals surface area contributed by atoms with Crippen molar-refractivity contribution in [3.05, 3.63) is 28.2 Å². The molecule has 72 valence electrons. The summed E-state index contributed by atoms with van der Waals surface area (Å²) in [5.74, 6) is 0.0370. The number of Topliss-reactive ketones (excluding diaryl/α,β-unsaturated/α-hetero) is 2.